The van der Waals surface area contributed by atoms with Gasteiger partial charge in [-0.3, -0.25) is 0 Å². The van der Waals surface area contributed by atoms with E-state index in [0.29, 0.717) is 0 Å². The van der Waals surface area contributed by atoms with E-state index in [0.717, 1.165) is 44.0 Å². The number of benzene rings is 1. The first-order valence-electron chi connectivity index (χ1n) is 10.8. The highest BCUT2D eigenvalue weighted by Gasteiger charge is 2.20. The topological polar surface area (TPSA) is 15.7 Å². The molecule has 1 aromatic carbocycles. The molecule has 0 saturated carbocycles. The number of aryl methyl sites for hydroxylation is 1. The van der Waals surface area contributed by atoms with Gasteiger partial charge in [0.05, 0.1) is 6.61 Å². The Bertz CT molecular complexity index is 738. The number of hydrogen-bond donors (Lipinski definition) is 0. The molecule has 0 atom stereocenters. The Hall–Kier alpha value is -1.01. The van der Waals surface area contributed by atoms with E-state index in [1.54, 1.807) is 0 Å². The van der Waals surface area contributed by atoms with E-state index in [1.807, 2.05) is 23.3 Å². The van der Waals surface area contributed by atoms with Crippen molar-refractivity contribution in [1.29, 1.82) is 0 Å². The van der Waals surface area contributed by atoms with Crippen LogP contribution in [0.5, 0.6) is 5.06 Å². The van der Waals surface area contributed by atoms with E-state index < -0.39 is 0 Å². The van der Waals surface area contributed by atoms with Crippen LogP contribution in [0.25, 0.3) is 0 Å². The van der Waals surface area contributed by atoms with Crippen molar-refractivity contribution in [3.63, 3.8) is 0 Å². The molecule has 1 fully saturated rings. The molecule has 1 aromatic heterocycles. The first kappa shape index (κ1) is 20.3. The van der Waals surface area contributed by atoms with Gasteiger partial charge in [-0.25, -0.2) is 4.31 Å². The monoisotopic (exact) mass is 416 g/mol. The van der Waals surface area contributed by atoms with Crippen LogP contribution < -0.4 is 4.74 Å². The van der Waals surface area contributed by atoms with Crippen LogP contribution in [0.1, 0.15) is 48.6 Å². The molecule has 0 spiro atoms. The van der Waals surface area contributed by atoms with Crippen LogP contribution in [0.3, 0.4) is 0 Å². The maximum atomic E-state index is 6.10. The highest BCUT2D eigenvalue weighted by atomic mass is 32.2. The molecule has 3 heterocycles. The average molecular weight is 417 g/mol. The lowest BCUT2D eigenvalue weighted by Gasteiger charge is -2.26. The van der Waals surface area contributed by atoms with Gasteiger partial charge in [0.1, 0.15) is 0 Å². The van der Waals surface area contributed by atoms with Crippen LogP contribution >= 0.6 is 23.3 Å². The molecule has 28 heavy (non-hydrogen) atoms. The van der Waals surface area contributed by atoms with Crippen molar-refractivity contribution in [2.75, 3.05) is 32.8 Å². The Kier molecular flexibility index (Phi) is 7.35. The molecule has 2 aromatic rings. The van der Waals surface area contributed by atoms with Crippen molar-refractivity contribution >= 4 is 23.3 Å². The van der Waals surface area contributed by atoms with Gasteiger partial charge in [-0.15, -0.1) is 11.3 Å². The van der Waals surface area contributed by atoms with Crippen LogP contribution in [-0.2, 0) is 19.4 Å². The van der Waals surface area contributed by atoms with Crippen molar-refractivity contribution in [2.24, 2.45) is 0 Å². The van der Waals surface area contributed by atoms with Crippen molar-refractivity contribution < 1.29 is 4.74 Å². The fourth-order valence-electron chi connectivity index (χ4n) is 4.00. The van der Waals surface area contributed by atoms with E-state index in [2.05, 4.69) is 46.5 Å². The Morgan fingerprint density at radius 2 is 1.89 bits per heavy atom. The molecule has 1 saturated heterocycles. The molecule has 4 rings (SSSR count). The lowest BCUT2D eigenvalue weighted by molar-refractivity contribution is 0.206. The summed E-state index contributed by atoms with van der Waals surface area (Å²) in [7, 11) is 0. The summed E-state index contributed by atoms with van der Waals surface area (Å²) in [5.41, 5.74) is 2.90. The van der Waals surface area contributed by atoms with Crippen LogP contribution in [0.15, 0.2) is 35.2 Å². The van der Waals surface area contributed by atoms with Crippen LogP contribution in [-0.4, -0.2) is 42.0 Å². The van der Waals surface area contributed by atoms with E-state index in [4.69, 9.17) is 4.74 Å². The maximum absolute atomic E-state index is 6.10. The van der Waals surface area contributed by atoms with Gasteiger partial charge in [0, 0.05) is 29.4 Å². The second-order valence-corrected chi connectivity index (χ2v) is 10.1. The summed E-state index contributed by atoms with van der Waals surface area (Å²) >= 11 is 3.74. The third kappa shape index (κ3) is 5.53. The van der Waals surface area contributed by atoms with Gasteiger partial charge in [0.2, 0.25) is 0 Å². The molecular weight excluding hydrogens is 384 g/mol. The molecule has 0 radical (unpaired) electrons. The normalized spacial score (nSPS) is 18.2. The van der Waals surface area contributed by atoms with E-state index in [1.165, 1.54) is 59.8 Å². The molecule has 152 valence electrons. The van der Waals surface area contributed by atoms with Gasteiger partial charge in [0.15, 0.2) is 5.06 Å². The highest BCUT2D eigenvalue weighted by Crippen LogP contribution is 2.37. The SMILES string of the molecule is CCc1ccc(SN2CCc3cc(OCCCN4CCCCC4)sc3C2)cc1. The van der Waals surface area contributed by atoms with Crippen molar-refractivity contribution in [1.82, 2.24) is 9.21 Å². The van der Waals surface area contributed by atoms with Crippen molar-refractivity contribution in [3.8, 4) is 5.06 Å². The smallest absolute Gasteiger partial charge is 0.174 e. The van der Waals surface area contributed by atoms with E-state index in [9.17, 15) is 0 Å². The molecule has 0 bridgehead atoms. The minimum absolute atomic E-state index is 0.845. The molecule has 0 aliphatic carbocycles. The number of fused-ring (bicyclic) bond motifs is 1. The Morgan fingerprint density at radius 1 is 1.07 bits per heavy atom. The van der Waals surface area contributed by atoms with Gasteiger partial charge in [0.25, 0.3) is 0 Å². The Morgan fingerprint density at radius 3 is 2.68 bits per heavy atom. The third-order valence-electron chi connectivity index (χ3n) is 5.70. The summed E-state index contributed by atoms with van der Waals surface area (Å²) in [6, 6.07) is 11.3. The number of piperidine rings is 1. The molecule has 2 aliphatic rings. The van der Waals surface area contributed by atoms with Crippen molar-refractivity contribution in [2.45, 2.75) is 56.9 Å². The fourth-order valence-corrected chi connectivity index (χ4v) is 6.11. The summed E-state index contributed by atoms with van der Waals surface area (Å²) in [5.74, 6) is 0. The zero-order valence-corrected chi connectivity index (χ0v) is 18.6. The number of nitrogens with zero attached hydrogens (tertiary/aromatic N) is 2. The quantitative estimate of drug-likeness (QED) is 0.409. The molecule has 3 nitrogen and oxygen atoms in total. The lowest BCUT2D eigenvalue weighted by atomic mass is 10.1. The van der Waals surface area contributed by atoms with Crippen LogP contribution in [0.4, 0.5) is 0 Å². The molecule has 0 amide bonds. The predicted octanol–water partition coefficient (Wildman–Crippen LogP) is 5.63. The standard InChI is InChI=1S/C23H32N2OS2/c1-2-19-7-9-21(10-8-19)28-25-15-11-20-17-23(27-22(20)18-25)26-16-6-14-24-12-4-3-5-13-24/h7-10,17H,2-6,11-16,18H2,1H3. The lowest BCUT2D eigenvalue weighted by Crippen LogP contribution is -2.31. The molecule has 5 heteroatoms. The average Bonchev–Trinajstić information content (AvgIpc) is 3.15. The summed E-state index contributed by atoms with van der Waals surface area (Å²) < 4.78 is 8.58. The molecular formula is C23H32N2OS2. The number of thiophene rings is 1. The molecule has 0 N–H and O–H groups in total. The molecule has 2 aliphatic heterocycles. The van der Waals surface area contributed by atoms with Crippen LogP contribution in [0, 0.1) is 0 Å². The highest BCUT2D eigenvalue weighted by molar-refractivity contribution is 7.97. The zero-order chi connectivity index (χ0) is 19.2. The number of hydrogen-bond acceptors (Lipinski definition) is 5. The van der Waals surface area contributed by atoms with Crippen molar-refractivity contribution in [3.05, 3.63) is 46.3 Å². The summed E-state index contributed by atoms with van der Waals surface area (Å²) in [6.45, 7) is 8.93. The number of rotatable bonds is 8. The summed E-state index contributed by atoms with van der Waals surface area (Å²) in [4.78, 5) is 5.41. The van der Waals surface area contributed by atoms with Gasteiger partial charge in [-0.1, -0.05) is 25.5 Å². The Balaban J connectivity index is 1.23. The maximum Gasteiger partial charge on any atom is 0.174 e. The first-order valence-corrected chi connectivity index (χ1v) is 12.4. The second kappa shape index (κ2) is 10.1. The van der Waals surface area contributed by atoms with E-state index >= 15 is 0 Å². The van der Waals surface area contributed by atoms with Gasteiger partial charge in [-0.05, 0) is 86.5 Å². The van der Waals surface area contributed by atoms with Gasteiger partial charge < -0.3 is 9.64 Å². The third-order valence-corrected chi connectivity index (χ3v) is 7.83. The first-order chi connectivity index (χ1) is 13.8. The number of ether oxygens (including phenoxy) is 1. The number of likely N-dealkylation sites (tertiary alicyclic amines) is 1. The second-order valence-electron chi connectivity index (χ2n) is 7.82. The summed E-state index contributed by atoms with van der Waals surface area (Å²) in [6.07, 6.45) is 7.52. The van der Waals surface area contributed by atoms with E-state index in [-0.39, 0.29) is 0 Å². The largest absolute Gasteiger partial charge is 0.484 e. The summed E-state index contributed by atoms with van der Waals surface area (Å²) in [5, 5.41) is 1.11. The predicted molar refractivity (Wildman–Crippen MR) is 121 cm³/mol. The van der Waals surface area contributed by atoms with Gasteiger partial charge >= 0.3 is 0 Å². The Labute approximate surface area is 178 Å². The minimum Gasteiger partial charge on any atom is -0.484 e. The minimum atomic E-state index is 0.845. The zero-order valence-electron chi connectivity index (χ0n) is 17.0. The van der Waals surface area contributed by atoms with Crippen LogP contribution in [0.2, 0.25) is 0 Å². The fraction of sp³-hybridized carbons (Fsp3) is 0.565. The molecule has 0 unspecified atom stereocenters. The van der Waals surface area contributed by atoms with Gasteiger partial charge in [-0.2, -0.15) is 0 Å².